The molecule has 0 bridgehead atoms. The van der Waals surface area contributed by atoms with Gasteiger partial charge >= 0.3 is 5.97 Å². The van der Waals surface area contributed by atoms with Gasteiger partial charge in [-0.15, -0.1) is 11.8 Å². The standard InChI is InChI=1S/C20H27N3O6S2/c1-15-6-7-16(10-17(15)31(27,28)23-8-4-2-3-5-9-23)21-18(24)12-29-20(26)11-22-14-30-13-19(22)25/h6-7,10H,2-5,8-9,11-14H2,1H3,(H,21,24). The fourth-order valence-corrected chi connectivity index (χ4v) is 6.13. The average molecular weight is 470 g/mol. The van der Waals surface area contributed by atoms with Crippen LogP contribution in [0.2, 0.25) is 0 Å². The summed E-state index contributed by atoms with van der Waals surface area (Å²) < 4.78 is 32.7. The van der Waals surface area contributed by atoms with Gasteiger partial charge in [0.05, 0.1) is 16.5 Å². The van der Waals surface area contributed by atoms with E-state index in [-0.39, 0.29) is 17.3 Å². The number of carbonyl (C=O) groups excluding carboxylic acids is 3. The van der Waals surface area contributed by atoms with Gasteiger partial charge in [-0.05, 0) is 37.5 Å². The number of anilines is 1. The Hall–Kier alpha value is -2.11. The van der Waals surface area contributed by atoms with E-state index in [1.165, 1.54) is 27.0 Å². The topological polar surface area (TPSA) is 113 Å². The van der Waals surface area contributed by atoms with Crippen LogP contribution in [0.3, 0.4) is 0 Å². The lowest BCUT2D eigenvalue weighted by atomic mass is 10.2. The summed E-state index contributed by atoms with van der Waals surface area (Å²) in [5.74, 6) is -0.622. The van der Waals surface area contributed by atoms with Crippen LogP contribution < -0.4 is 5.32 Å². The second-order valence-electron chi connectivity index (χ2n) is 7.58. The number of hydrogen-bond acceptors (Lipinski definition) is 7. The average Bonchev–Trinajstić information content (AvgIpc) is 2.96. The first-order valence-corrected chi connectivity index (χ1v) is 12.8. The highest BCUT2D eigenvalue weighted by atomic mass is 32.2. The van der Waals surface area contributed by atoms with Gasteiger partial charge in [0.15, 0.2) is 6.61 Å². The van der Waals surface area contributed by atoms with E-state index in [1.807, 2.05) is 0 Å². The molecule has 0 radical (unpaired) electrons. The number of sulfonamides is 1. The molecule has 31 heavy (non-hydrogen) atoms. The molecular weight excluding hydrogens is 442 g/mol. The third kappa shape index (κ3) is 6.20. The maximum absolute atomic E-state index is 13.1. The highest BCUT2D eigenvalue weighted by Crippen LogP contribution is 2.26. The van der Waals surface area contributed by atoms with Gasteiger partial charge in [-0.1, -0.05) is 18.9 Å². The van der Waals surface area contributed by atoms with Crippen molar-refractivity contribution in [2.45, 2.75) is 37.5 Å². The summed E-state index contributed by atoms with van der Waals surface area (Å²) in [6.45, 7) is 1.99. The molecule has 3 rings (SSSR count). The van der Waals surface area contributed by atoms with Gasteiger partial charge in [-0.3, -0.25) is 14.4 Å². The van der Waals surface area contributed by atoms with Crippen LogP contribution in [0.25, 0.3) is 0 Å². The van der Waals surface area contributed by atoms with Crippen LogP contribution in [0, 0.1) is 6.92 Å². The molecule has 0 aromatic heterocycles. The normalized spacial score (nSPS) is 18.0. The van der Waals surface area contributed by atoms with Gasteiger partial charge in [-0.25, -0.2) is 8.42 Å². The van der Waals surface area contributed by atoms with Crippen molar-refractivity contribution in [2.75, 3.05) is 43.2 Å². The molecule has 0 spiro atoms. The Kier molecular flexibility index (Phi) is 7.95. The minimum atomic E-state index is -3.66. The first kappa shape index (κ1) is 23.6. The Balaban J connectivity index is 1.59. The van der Waals surface area contributed by atoms with Gasteiger partial charge in [0.2, 0.25) is 15.9 Å². The molecule has 11 heteroatoms. The number of ether oxygens (including phenoxy) is 1. The van der Waals surface area contributed by atoms with Crippen molar-refractivity contribution < 1.29 is 27.5 Å². The lowest BCUT2D eigenvalue weighted by Crippen LogP contribution is -2.33. The van der Waals surface area contributed by atoms with Crippen LogP contribution in [0.4, 0.5) is 5.69 Å². The molecule has 0 saturated carbocycles. The van der Waals surface area contributed by atoms with Crippen molar-refractivity contribution in [1.29, 1.82) is 0 Å². The lowest BCUT2D eigenvalue weighted by molar-refractivity contribution is -0.150. The molecule has 2 aliphatic heterocycles. The maximum Gasteiger partial charge on any atom is 0.326 e. The van der Waals surface area contributed by atoms with Gasteiger partial charge in [0.25, 0.3) is 5.91 Å². The van der Waals surface area contributed by atoms with Crippen LogP contribution in [0.5, 0.6) is 0 Å². The van der Waals surface area contributed by atoms with E-state index >= 15 is 0 Å². The smallest absolute Gasteiger partial charge is 0.326 e. The summed E-state index contributed by atoms with van der Waals surface area (Å²) in [6.07, 6.45) is 3.71. The van der Waals surface area contributed by atoms with E-state index in [1.54, 1.807) is 19.1 Å². The summed E-state index contributed by atoms with van der Waals surface area (Å²) in [5, 5.41) is 2.57. The number of benzene rings is 1. The van der Waals surface area contributed by atoms with Crippen molar-refractivity contribution in [2.24, 2.45) is 0 Å². The number of aryl methyl sites for hydroxylation is 1. The monoisotopic (exact) mass is 469 g/mol. The van der Waals surface area contributed by atoms with Crippen LogP contribution in [0.15, 0.2) is 23.1 Å². The Morgan fingerprint density at radius 1 is 1.16 bits per heavy atom. The Morgan fingerprint density at radius 3 is 2.52 bits per heavy atom. The summed E-state index contributed by atoms with van der Waals surface area (Å²) in [7, 11) is -3.66. The number of nitrogens with zero attached hydrogens (tertiary/aromatic N) is 2. The van der Waals surface area contributed by atoms with Crippen molar-refractivity contribution in [3.05, 3.63) is 23.8 Å². The summed E-state index contributed by atoms with van der Waals surface area (Å²) >= 11 is 1.41. The van der Waals surface area contributed by atoms with Gasteiger partial charge in [0.1, 0.15) is 6.54 Å². The van der Waals surface area contributed by atoms with Crippen molar-refractivity contribution in [1.82, 2.24) is 9.21 Å². The molecule has 2 heterocycles. The van der Waals surface area contributed by atoms with Crippen molar-refractivity contribution in [3.8, 4) is 0 Å². The lowest BCUT2D eigenvalue weighted by Gasteiger charge is -2.21. The van der Waals surface area contributed by atoms with E-state index in [9.17, 15) is 22.8 Å². The first-order valence-electron chi connectivity index (χ1n) is 10.2. The van der Waals surface area contributed by atoms with Gasteiger partial charge < -0.3 is 15.0 Å². The van der Waals surface area contributed by atoms with Gasteiger partial charge in [-0.2, -0.15) is 4.31 Å². The Labute approximate surface area is 186 Å². The largest absolute Gasteiger partial charge is 0.454 e. The van der Waals surface area contributed by atoms with Crippen molar-refractivity contribution >= 4 is 45.3 Å². The molecule has 1 aromatic carbocycles. The minimum absolute atomic E-state index is 0.135. The molecule has 1 aromatic rings. The number of hydrogen-bond donors (Lipinski definition) is 1. The van der Waals surface area contributed by atoms with Crippen LogP contribution in [0.1, 0.15) is 31.2 Å². The number of esters is 1. The number of carbonyl (C=O) groups is 3. The summed E-state index contributed by atoms with van der Waals surface area (Å²) in [5.41, 5.74) is 0.910. The molecule has 170 valence electrons. The Bertz CT molecular complexity index is 942. The number of nitrogens with one attached hydrogen (secondary N) is 1. The molecule has 0 unspecified atom stereocenters. The van der Waals surface area contributed by atoms with Crippen LogP contribution in [-0.2, 0) is 29.1 Å². The minimum Gasteiger partial charge on any atom is -0.454 e. The fourth-order valence-electron chi connectivity index (χ4n) is 3.46. The summed E-state index contributed by atoms with van der Waals surface area (Å²) in [4.78, 5) is 37.1. The zero-order chi connectivity index (χ0) is 22.4. The number of thioether (sulfide) groups is 1. The first-order chi connectivity index (χ1) is 14.8. The van der Waals surface area contributed by atoms with Crippen LogP contribution >= 0.6 is 11.8 Å². The number of rotatable bonds is 7. The predicted octanol–water partition coefficient (Wildman–Crippen LogP) is 1.57. The maximum atomic E-state index is 13.1. The molecule has 2 saturated heterocycles. The molecule has 0 aliphatic carbocycles. The second kappa shape index (κ2) is 10.5. The quantitative estimate of drug-likeness (QED) is 0.603. The second-order valence-corrected chi connectivity index (χ2v) is 10.4. The Morgan fingerprint density at radius 2 is 1.87 bits per heavy atom. The summed E-state index contributed by atoms with van der Waals surface area (Å²) in [6, 6.07) is 4.69. The SMILES string of the molecule is Cc1ccc(NC(=O)COC(=O)CN2CSCC2=O)cc1S(=O)(=O)N1CCCCCC1. The van der Waals surface area contributed by atoms with Gasteiger partial charge in [0, 0.05) is 18.8 Å². The number of amides is 2. The molecule has 0 atom stereocenters. The highest BCUT2D eigenvalue weighted by molar-refractivity contribution is 8.00. The van der Waals surface area contributed by atoms with E-state index < -0.39 is 28.5 Å². The molecule has 2 fully saturated rings. The van der Waals surface area contributed by atoms with E-state index in [4.69, 9.17) is 4.74 Å². The molecule has 9 nitrogen and oxygen atoms in total. The highest BCUT2D eigenvalue weighted by Gasteiger charge is 2.27. The van der Waals surface area contributed by atoms with Crippen molar-refractivity contribution in [3.63, 3.8) is 0 Å². The zero-order valence-corrected chi connectivity index (χ0v) is 19.1. The fraction of sp³-hybridized carbons (Fsp3) is 0.550. The third-order valence-electron chi connectivity index (χ3n) is 5.16. The van der Waals surface area contributed by atoms with E-state index in [0.29, 0.717) is 36.0 Å². The molecule has 1 N–H and O–H groups in total. The molecular formula is C20H27N3O6S2. The zero-order valence-electron chi connectivity index (χ0n) is 17.5. The predicted molar refractivity (Wildman–Crippen MR) is 117 cm³/mol. The van der Waals surface area contributed by atoms with Crippen LogP contribution in [-0.4, -0.2) is 73.3 Å². The third-order valence-corrected chi connectivity index (χ3v) is 8.15. The van der Waals surface area contributed by atoms with E-state index in [0.717, 1.165) is 25.7 Å². The van der Waals surface area contributed by atoms with E-state index in [2.05, 4.69) is 5.32 Å². The molecule has 2 aliphatic rings. The molecule has 2 amide bonds.